The molecule has 1 aromatic carbocycles. The number of benzene rings is 1. The molecule has 20 heavy (non-hydrogen) atoms. The molecule has 0 saturated carbocycles. The fraction of sp³-hybridized carbons (Fsp3) is 0.429. The zero-order valence-corrected chi connectivity index (χ0v) is 13.3. The van der Waals surface area contributed by atoms with E-state index in [1.807, 2.05) is 19.9 Å². The van der Waals surface area contributed by atoms with Crippen molar-refractivity contribution in [2.75, 3.05) is 19.6 Å². The van der Waals surface area contributed by atoms with Crippen LogP contribution in [-0.2, 0) is 4.79 Å². The van der Waals surface area contributed by atoms with Crippen LogP contribution in [0.4, 0.5) is 0 Å². The van der Waals surface area contributed by atoms with E-state index in [-0.39, 0.29) is 24.4 Å². The smallest absolute Gasteiger partial charge is 0.251 e. The number of nitrogens with one attached hydrogen (secondary N) is 3. The maximum Gasteiger partial charge on any atom is 0.251 e. The summed E-state index contributed by atoms with van der Waals surface area (Å²) in [6.07, 6.45) is 0. The number of hydrogen-bond acceptors (Lipinski definition) is 3. The summed E-state index contributed by atoms with van der Waals surface area (Å²) in [5.41, 5.74) is 0.521. The fourth-order valence-corrected chi connectivity index (χ4v) is 2.04. The van der Waals surface area contributed by atoms with Crippen molar-refractivity contribution in [3.05, 3.63) is 34.3 Å². The van der Waals surface area contributed by atoms with Crippen molar-refractivity contribution in [2.24, 2.45) is 0 Å². The number of rotatable bonds is 7. The third-order valence-electron chi connectivity index (χ3n) is 2.65. The number of carbonyl (C=O) groups excluding carboxylic acids is 2. The normalized spacial score (nSPS) is 11.8. The topological polar surface area (TPSA) is 70.2 Å². The Bertz CT molecular complexity index is 465. The van der Waals surface area contributed by atoms with Crippen molar-refractivity contribution in [1.82, 2.24) is 16.0 Å². The average molecular weight is 342 g/mol. The lowest BCUT2D eigenvalue weighted by Gasteiger charge is -2.13. The minimum absolute atomic E-state index is 0.0236. The predicted molar refractivity (Wildman–Crippen MR) is 82.6 cm³/mol. The first-order valence-electron chi connectivity index (χ1n) is 6.56. The van der Waals surface area contributed by atoms with Gasteiger partial charge >= 0.3 is 0 Å². The lowest BCUT2D eigenvalue weighted by molar-refractivity contribution is -0.120. The Kier molecular flexibility index (Phi) is 7.25. The van der Waals surface area contributed by atoms with E-state index in [0.29, 0.717) is 12.1 Å². The van der Waals surface area contributed by atoms with Gasteiger partial charge in [0.2, 0.25) is 5.91 Å². The molecule has 0 fully saturated rings. The summed E-state index contributed by atoms with van der Waals surface area (Å²) in [5, 5.41) is 8.54. The maximum atomic E-state index is 11.8. The standard InChI is InChI=1S/C14H20BrN3O2/c1-3-16-10(2)8-17-13(19)9-18-14(20)11-5-4-6-12(15)7-11/h4-7,10,16H,3,8-9H2,1-2H3,(H,17,19)(H,18,20)/t10-/m1/s1. The molecule has 1 atom stereocenters. The third-order valence-corrected chi connectivity index (χ3v) is 3.15. The molecule has 1 rings (SSSR count). The first-order valence-corrected chi connectivity index (χ1v) is 7.36. The molecule has 1 aromatic rings. The summed E-state index contributed by atoms with van der Waals surface area (Å²) in [5.74, 6) is -0.459. The van der Waals surface area contributed by atoms with E-state index in [1.54, 1.807) is 18.2 Å². The van der Waals surface area contributed by atoms with Gasteiger partial charge in [-0.2, -0.15) is 0 Å². The van der Waals surface area contributed by atoms with Crippen molar-refractivity contribution in [2.45, 2.75) is 19.9 Å². The van der Waals surface area contributed by atoms with Gasteiger partial charge in [0.1, 0.15) is 0 Å². The fourth-order valence-electron chi connectivity index (χ4n) is 1.64. The number of halogens is 1. The van der Waals surface area contributed by atoms with Crippen molar-refractivity contribution in [3.8, 4) is 0 Å². The van der Waals surface area contributed by atoms with Gasteiger partial charge in [0.25, 0.3) is 5.91 Å². The van der Waals surface area contributed by atoms with E-state index in [0.717, 1.165) is 11.0 Å². The van der Waals surface area contributed by atoms with Gasteiger partial charge in [-0.15, -0.1) is 0 Å². The molecule has 2 amide bonds. The van der Waals surface area contributed by atoms with Crippen LogP contribution in [0, 0.1) is 0 Å². The van der Waals surface area contributed by atoms with Gasteiger partial charge in [0.05, 0.1) is 6.54 Å². The van der Waals surface area contributed by atoms with Crippen LogP contribution in [0.25, 0.3) is 0 Å². The molecule has 0 aliphatic rings. The van der Waals surface area contributed by atoms with Crippen molar-refractivity contribution in [1.29, 1.82) is 0 Å². The zero-order valence-electron chi connectivity index (χ0n) is 11.7. The molecule has 0 spiro atoms. The first-order chi connectivity index (χ1) is 9.52. The molecule has 0 aliphatic heterocycles. The van der Waals surface area contributed by atoms with Crippen LogP contribution in [0.2, 0.25) is 0 Å². The summed E-state index contributed by atoms with van der Waals surface area (Å²) >= 11 is 3.30. The SMILES string of the molecule is CCN[C@H](C)CNC(=O)CNC(=O)c1cccc(Br)c1. The quantitative estimate of drug-likeness (QED) is 0.699. The molecule has 6 heteroatoms. The predicted octanol–water partition coefficient (Wildman–Crippen LogP) is 1.29. The highest BCUT2D eigenvalue weighted by molar-refractivity contribution is 9.10. The largest absolute Gasteiger partial charge is 0.353 e. The first kappa shape index (κ1) is 16.7. The van der Waals surface area contributed by atoms with Crippen LogP contribution in [0.5, 0.6) is 0 Å². The zero-order chi connectivity index (χ0) is 15.0. The third kappa shape index (κ3) is 6.16. The Hall–Kier alpha value is -1.40. The second-order valence-electron chi connectivity index (χ2n) is 4.46. The van der Waals surface area contributed by atoms with Gasteiger partial charge in [0, 0.05) is 22.6 Å². The molecular formula is C14H20BrN3O2. The van der Waals surface area contributed by atoms with Crippen molar-refractivity contribution in [3.63, 3.8) is 0 Å². The van der Waals surface area contributed by atoms with Crippen molar-refractivity contribution >= 4 is 27.7 Å². The van der Waals surface area contributed by atoms with Crippen LogP contribution in [0.1, 0.15) is 24.2 Å². The van der Waals surface area contributed by atoms with Crippen LogP contribution in [-0.4, -0.2) is 37.5 Å². The Balaban J connectivity index is 2.32. The number of amides is 2. The molecule has 0 aliphatic carbocycles. The van der Waals surface area contributed by atoms with E-state index in [1.165, 1.54) is 0 Å². The summed E-state index contributed by atoms with van der Waals surface area (Å²) in [6.45, 7) is 5.38. The van der Waals surface area contributed by atoms with E-state index >= 15 is 0 Å². The number of hydrogen-bond donors (Lipinski definition) is 3. The van der Waals surface area contributed by atoms with E-state index in [9.17, 15) is 9.59 Å². The van der Waals surface area contributed by atoms with E-state index in [2.05, 4.69) is 31.9 Å². The molecular weight excluding hydrogens is 322 g/mol. The Morgan fingerprint density at radius 1 is 1.30 bits per heavy atom. The van der Waals surface area contributed by atoms with E-state index in [4.69, 9.17) is 0 Å². The average Bonchev–Trinajstić information content (AvgIpc) is 2.43. The monoisotopic (exact) mass is 341 g/mol. The van der Waals surface area contributed by atoms with Gasteiger partial charge in [-0.25, -0.2) is 0 Å². The molecule has 3 N–H and O–H groups in total. The summed E-state index contributed by atoms with van der Waals surface area (Å²) in [7, 11) is 0. The van der Waals surface area contributed by atoms with Gasteiger partial charge in [-0.1, -0.05) is 28.9 Å². The van der Waals surface area contributed by atoms with Crippen molar-refractivity contribution < 1.29 is 9.59 Å². The van der Waals surface area contributed by atoms with E-state index < -0.39 is 0 Å². The minimum atomic E-state index is -0.263. The Morgan fingerprint density at radius 3 is 2.70 bits per heavy atom. The van der Waals surface area contributed by atoms with Gasteiger partial charge in [-0.05, 0) is 31.7 Å². The summed E-state index contributed by atoms with van der Waals surface area (Å²) < 4.78 is 0.828. The highest BCUT2D eigenvalue weighted by atomic mass is 79.9. The lowest BCUT2D eigenvalue weighted by Crippen LogP contribution is -2.43. The summed E-state index contributed by atoms with van der Waals surface area (Å²) in [6, 6.07) is 7.24. The highest BCUT2D eigenvalue weighted by Crippen LogP contribution is 2.11. The van der Waals surface area contributed by atoms with Crippen LogP contribution < -0.4 is 16.0 Å². The second kappa shape index (κ2) is 8.71. The Morgan fingerprint density at radius 2 is 2.05 bits per heavy atom. The van der Waals surface area contributed by atoms with Gasteiger partial charge in [-0.3, -0.25) is 9.59 Å². The van der Waals surface area contributed by atoms with Crippen LogP contribution in [0.15, 0.2) is 28.7 Å². The Labute approximate surface area is 127 Å². The highest BCUT2D eigenvalue weighted by Gasteiger charge is 2.09. The number of likely N-dealkylation sites (N-methyl/N-ethyl adjacent to an activating group) is 1. The lowest BCUT2D eigenvalue weighted by atomic mass is 10.2. The molecule has 0 radical (unpaired) electrons. The molecule has 0 aromatic heterocycles. The van der Waals surface area contributed by atoms with Crippen LogP contribution in [0.3, 0.4) is 0 Å². The summed E-state index contributed by atoms with van der Waals surface area (Å²) in [4.78, 5) is 23.4. The minimum Gasteiger partial charge on any atom is -0.353 e. The van der Waals surface area contributed by atoms with Crippen LogP contribution >= 0.6 is 15.9 Å². The second-order valence-corrected chi connectivity index (χ2v) is 5.37. The maximum absolute atomic E-state index is 11.8. The molecule has 0 heterocycles. The number of carbonyl (C=O) groups is 2. The molecule has 0 saturated heterocycles. The molecule has 5 nitrogen and oxygen atoms in total. The van der Waals surface area contributed by atoms with Gasteiger partial charge < -0.3 is 16.0 Å². The molecule has 110 valence electrons. The molecule has 0 unspecified atom stereocenters. The molecule has 0 bridgehead atoms. The van der Waals surface area contributed by atoms with Gasteiger partial charge in [0.15, 0.2) is 0 Å².